The Morgan fingerprint density at radius 3 is 2.79 bits per heavy atom. The van der Waals surface area contributed by atoms with Crippen LogP contribution in [0.1, 0.15) is 31.2 Å². The summed E-state index contributed by atoms with van der Waals surface area (Å²) in [6.07, 6.45) is 6.70. The average molecular weight is 343 g/mol. The van der Waals surface area contributed by atoms with Crippen molar-refractivity contribution in [2.75, 3.05) is 19.6 Å². The van der Waals surface area contributed by atoms with E-state index in [0.717, 1.165) is 18.4 Å². The number of hydrogen-bond donors (Lipinski definition) is 1. The third kappa shape index (κ3) is 3.81. The molecular weight excluding hydrogens is 320 g/mol. The van der Waals surface area contributed by atoms with Crippen LogP contribution in [0.3, 0.4) is 0 Å². The van der Waals surface area contributed by atoms with Crippen molar-refractivity contribution in [3.8, 4) is 0 Å². The predicted molar refractivity (Wildman–Crippen MR) is 85.6 cm³/mol. The lowest BCUT2D eigenvalue weighted by molar-refractivity contribution is 0.112. The number of hydrogen-bond acceptors (Lipinski definition) is 3. The highest BCUT2D eigenvalue weighted by atomic mass is 79.9. The maximum atomic E-state index is 6.26. The molecule has 0 spiro atoms. The highest BCUT2D eigenvalue weighted by molar-refractivity contribution is 9.11. The van der Waals surface area contributed by atoms with E-state index >= 15 is 0 Å². The molecule has 0 bridgehead atoms. The molecule has 2 N–H and O–H groups in total. The van der Waals surface area contributed by atoms with Crippen molar-refractivity contribution in [3.05, 3.63) is 20.8 Å². The lowest BCUT2D eigenvalue weighted by Crippen LogP contribution is -2.49. The van der Waals surface area contributed by atoms with Gasteiger partial charge >= 0.3 is 0 Å². The van der Waals surface area contributed by atoms with E-state index in [0.29, 0.717) is 6.04 Å². The van der Waals surface area contributed by atoms with Gasteiger partial charge in [-0.05, 0) is 70.5 Å². The Kier molecular flexibility index (Phi) is 4.62. The van der Waals surface area contributed by atoms with Gasteiger partial charge in [0.2, 0.25) is 0 Å². The van der Waals surface area contributed by atoms with E-state index in [9.17, 15) is 0 Å². The largest absolute Gasteiger partial charge is 0.327 e. The van der Waals surface area contributed by atoms with Crippen molar-refractivity contribution in [2.45, 2.75) is 38.1 Å². The molecule has 2 atom stereocenters. The normalized spacial score (nSPS) is 29.4. The second kappa shape index (κ2) is 6.25. The van der Waals surface area contributed by atoms with Crippen LogP contribution in [-0.4, -0.2) is 30.6 Å². The number of halogens is 1. The summed E-state index contributed by atoms with van der Waals surface area (Å²) in [5, 5.41) is 2.28. The summed E-state index contributed by atoms with van der Waals surface area (Å²) in [7, 11) is 0. The van der Waals surface area contributed by atoms with E-state index in [1.807, 2.05) is 0 Å². The fourth-order valence-corrected chi connectivity index (χ4v) is 4.69. The Hall–Kier alpha value is 0.1000. The van der Waals surface area contributed by atoms with Crippen LogP contribution in [0.15, 0.2) is 15.2 Å². The maximum Gasteiger partial charge on any atom is 0.0701 e. The molecule has 4 heteroatoms. The number of rotatable bonds is 4. The standard InChI is InChI=1S/C15H23BrN2S/c16-15-6-13(10-19-15)4-12-5-14(17)9-18(8-12)7-11-2-1-3-11/h6,10-12,14H,1-5,7-9,17H2. The molecule has 1 saturated carbocycles. The molecule has 0 aromatic carbocycles. The zero-order chi connectivity index (χ0) is 13.2. The predicted octanol–water partition coefficient (Wildman–Crippen LogP) is 3.50. The van der Waals surface area contributed by atoms with Crippen LogP contribution < -0.4 is 5.73 Å². The minimum atomic E-state index is 0.376. The molecule has 2 nitrogen and oxygen atoms in total. The summed E-state index contributed by atoms with van der Waals surface area (Å²) >= 11 is 5.34. The van der Waals surface area contributed by atoms with Crippen molar-refractivity contribution in [1.29, 1.82) is 0 Å². The summed E-state index contributed by atoms with van der Waals surface area (Å²) in [4.78, 5) is 2.63. The lowest BCUT2D eigenvalue weighted by atomic mass is 9.83. The van der Waals surface area contributed by atoms with Crippen LogP contribution in [0.4, 0.5) is 0 Å². The maximum absolute atomic E-state index is 6.26. The molecule has 1 aliphatic heterocycles. The molecule has 3 rings (SSSR count). The first-order valence-electron chi connectivity index (χ1n) is 7.40. The van der Waals surface area contributed by atoms with Crippen molar-refractivity contribution in [2.24, 2.45) is 17.6 Å². The number of thiophene rings is 1. The van der Waals surface area contributed by atoms with Gasteiger partial charge in [0.1, 0.15) is 0 Å². The van der Waals surface area contributed by atoms with Crippen LogP contribution in [0.5, 0.6) is 0 Å². The van der Waals surface area contributed by atoms with Crippen molar-refractivity contribution >= 4 is 27.3 Å². The highest BCUT2D eigenvalue weighted by Gasteiger charge is 2.28. The molecule has 2 aliphatic rings. The highest BCUT2D eigenvalue weighted by Crippen LogP contribution is 2.30. The first-order chi connectivity index (χ1) is 9.19. The second-order valence-corrected chi connectivity index (χ2v) is 8.63. The van der Waals surface area contributed by atoms with E-state index < -0.39 is 0 Å². The molecule has 2 heterocycles. The van der Waals surface area contributed by atoms with Crippen LogP contribution in [-0.2, 0) is 6.42 Å². The van der Waals surface area contributed by atoms with Crippen LogP contribution in [0.25, 0.3) is 0 Å². The van der Waals surface area contributed by atoms with Crippen molar-refractivity contribution in [3.63, 3.8) is 0 Å². The smallest absolute Gasteiger partial charge is 0.0701 e. The number of nitrogens with zero attached hydrogens (tertiary/aromatic N) is 1. The zero-order valence-electron chi connectivity index (χ0n) is 11.4. The van der Waals surface area contributed by atoms with Gasteiger partial charge < -0.3 is 10.6 Å². The Balaban J connectivity index is 1.55. The van der Waals surface area contributed by atoms with Gasteiger partial charge in [-0.25, -0.2) is 0 Å². The molecule has 106 valence electrons. The molecule has 1 aromatic rings. The second-order valence-electron chi connectivity index (χ2n) is 6.34. The summed E-state index contributed by atoms with van der Waals surface area (Å²) < 4.78 is 1.24. The molecule has 0 amide bonds. The summed E-state index contributed by atoms with van der Waals surface area (Å²) in [6.45, 7) is 3.65. The summed E-state index contributed by atoms with van der Waals surface area (Å²) in [5.41, 5.74) is 7.73. The van der Waals surface area contributed by atoms with Gasteiger partial charge in [0.15, 0.2) is 0 Å². The molecule has 2 unspecified atom stereocenters. The topological polar surface area (TPSA) is 29.3 Å². The van der Waals surface area contributed by atoms with Gasteiger partial charge in [-0.1, -0.05) is 6.42 Å². The fourth-order valence-electron chi connectivity index (χ4n) is 3.47. The first-order valence-corrected chi connectivity index (χ1v) is 9.07. The lowest BCUT2D eigenvalue weighted by Gasteiger charge is -2.40. The average Bonchev–Trinajstić information content (AvgIpc) is 2.69. The molecular formula is C15H23BrN2S. The number of nitrogens with two attached hydrogens (primary N) is 1. The first kappa shape index (κ1) is 14.1. The molecule has 1 aliphatic carbocycles. The summed E-state index contributed by atoms with van der Waals surface area (Å²) in [5.74, 6) is 1.70. The van der Waals surface area contributed by atoms with Gasteiger partial charge in [-0.15, -0.1) is 11.3 Å². The molecule has 2 fully saturated rings. The fraction of sp³-hybridized carbons (Fsp3) is 0.733. The van der Waals surface area contributed by atoms with E-state index in [4.69, 9.17) is 5.73 Å². The molecule has 0 radical (unpaired) electrons. The van der Waals surface area contributed by atoms with Crippen LogP contribution >= 0.6 is 27.3 Å². The Morgan fingerprint density at radius 1 is 1.32 bits per heavy atom. The van der Waals surface area contributed by atoms with E-state index in [1.165, 1.54) is 54.5 Å². The Bertz CT molecular complexity index is 416. The van der Waals surface area contributed by atoms with Gasteiger partial charge in [-0.2, -0.15) is 0 Å². The molecule has 19 heavy (non-hydrogen) atoms. The minimum absolute atomic E-state index is 0.376. The van der Waals surface area contributed by atoms with E-state index in [2.05, 4.69) is 32.3 Å². The number of piperidine rings is 1. The van der Waals surface area contributed by atoms with Crippen molar-refractivity contribution < 1.29 is 0 Å². The SMILES string of the molecule is NC1CC(Cc2csc(Br)c2)CN(CC2CCC2)C1. The van der Waals surface area contributed by atoms with Gasteiger partial charge in [-0.3, -0.25) is 0 Å². The number of likely N-dealkylation sites (tertiary alicyclic amines) is 1. The third-order valence-corrected chi connectivity index (χ3v) is 6.09. The van der Waals surface area contributed by atoms with E-state index in [1.54, 1.807) is 11.3 Å². The van der Waals surface area contributed by atoms with Crippen molar-refractivity contribution in [1.82, 2.24) is 4.90 Å². The van der Waals surface area contributed by atoms with Gasteiger partial charge in [0, 0.05) is 25.7 Å². The monoisotopic (exact) mass is 342 g/mol. The third-order valence-electron chi connectivity index (χ3n) is 4.53. The quantitative estimate of drug-likeness (QED) is 0.907. The van der Waals surface area contributed by atoms with Crippen LogP contribution in [0.2, 0.25) is 0 Å². The molecule has 1 saturated heterocycles. The molecule has 1 aromatic heterocycles. The minimum Gasteiger partial charge on any atom is -0.327 e. The van der Waals surface area contributed by atoms with Gasteiger partial charge in [0.05, 0.1) is 3.79 Å². The van der Waals surface area contributed by atoms with Gasteiger partial charge in [0.25, 0.3) is 0 Å². The summed E-state index contributed by atoms with van der Waals surface area (Å²) in [6, 6.07) is 2.64. The van der Waals surface area contributed by atoms with Crippen LogP contribution in [0, 0.1) is 11.8 Å². The Labute approximate surface area is 128 Å². The Morgan fingerprint density at radius 2 is 2.16 bits per heavy atom. The zero-order valence-corrected chi connectivity index (χ0v) is 13.8. The van der Waals surface area contributed by atoms with E-state index in [-0.39, 0.29) is 0 Å².